The Kier molecular flexibility index (Phi) is 6.19. The van der Waals surface area contributed by atoms with E-state index in [1.165, 1.54) is 7.11 Å². The number of carbonyl (C=O) groups is 3. The molecule has 0 spiro atoms. The van der Waals surface area contributed by atoms with Crippen molar-refractivity contribution in [3.8, 4) is 0 Å². The van der Waals surface area contributed by atoms with E-state index >= 15 is 0 Å². The summed E-state index contributed by atoms with van der Waals surface area (Å²) in [7, 11) is 1.17. The summed E-state index contributed by atoms with van der Waals surface area (Å²) in [6.07, 6.45) is -1.37. The van der Waals surface area contributed by atoms with Gasteiger partial charge in [-0.3, -0.25) is 5.32 Å². The number of hydrogen-bond donors (Lipinski definition) is 4. The largest absolute Gasteiger partial charge is 0.452 e. The summed E-state index contributed by atoms with van der Waals surface area (Å²) < 4.78 is 9.41. The van der Waals surface area contributed by atoms with Crippen molar-refractivity contribution >= 4 is 29.6 Å². The van der Waals surface area contributed by atoms with Gasteiger partial charge in [-0.05, 0) is 45.0 Å². The molecule has 0 saturated heterocycles. The molecule has 0 radical (unpaired) electrons. The van der Waals surface area contributed by atoms with Gasteiger partial charge in [0.05, 0.1) is 7.11 Å². The molecule has 0 aliphatic rings. The van der Waals surface area contributed by atoms with Crippen LogP contribution >= 0.6 is 0 Å². The Hall–Kier alpha value is -2.97. The van der Waals surface area contributed by atoms with Crippen molar-refractivity contribution in [1.29, 1.82) is 0 Å². The minimum Gasteiger partial charge on any atom is -0.452 e. The molecule has 4 amide bonds. The minimum atomic E-state index is -0.794. The maximum Gasteiger partial charge on any atom is 0.425 e. The van der Waals surface area contributed by atoms with Crippen LogP contribution in [-0.2, 0) is 9.47 Å². The number of rotatable bonds is 2. The average Bonchev–Trinajstić information content (AvgIpc) is 2.44. The summed E-state index contributed by atoms with van der Waals surface area (Å²) in [5.41, 5.74) is 4.49. The molecule has 0 aliphatic carbocycles. The molecular formula is C14H20N4O5. The van der Waals surface area contributed by atoms with Crippen molar-refractivity contribution in [2.45, 2.75) is 26.4 Å². The van der Waals surface area contributed by atoms with Gasteiger partial charge >= 0.3 is 18.2 Å². The van der Waals surface area contributed by atoms with E-state index in [2.05, 4.69) is 20.8 Å². The zero-order valence-corrected chi connectivity index (χ0v) is 13.4. The van der Waals surface area contributed by atoms with Crippen molar-refractivity contribution in [3.05, 3.63) is 24.3 Å². The molecule has 0 aromatic heterocycles. The van der Waals surface area contributed by atoms with Crippen LogP contribution in [0.2, 0.25) is 0 Å². The summed E-state index contributed by atoms with van der Waals surface area (Å²) in [6, 6.07) is 5.68. The van der Waals surface area contributed by atoms with Crippen LogP contribution in [-0.4, -0.2) is 30.9 Å². The molecule has 0 heterocycles. The number of hydrogen-bond acceptors (Lipinski definition) is 5. The number of hydrazine groups is 1. The van der Waals surface area contributed by atoms with Gasteiger partial charge in [-0.15, -0.1) is 0 Å². The van der Waals surface area contributed by atoms with Crippen molar-refractivity contribution in [2.24, 2.45) is 0 Å². The van der Waals surface area contributed by atoms with E-state index in [1.54, 1.807) is 45.0 Å². The summed E-state index contributed by atoms with van der Waals surface area (Å²) in [5.74, 6) is 0. The first-order valence-electron chi connectivity index (χ1n) is 6.70. The van der Waals surface area contributed by atoms with Crippen LogP contribution in [0.1, 0.15) is 20.8 Å². The van der Waals surface area contributed by atoms with Crippen LogP contribution in [0, 0.1) is 0 Å². The quantitative estimate of drug-likeness (QED) is 0.623. The van der Waals surface area contributed by atoms with Crippen LogP contribution in [0.25, 0.3) is 0 Å². The van der Waals surface area contributed by atoms with Crippen molar-refractivity contribution < 1.29 is 23.9 Å². The molecule has 0 bridgehead atoms. The summed E-state index contributed by atoms with van der Waals surface area (Å²) in [5, 5.41) is 5.04. The Morgan fingerprint density at radius 1 is 0.870 bits per heavy atom. The van der Waals surface area contributed by atoms with Crippen LogP contribution in [0.15, 0.2) is 24.3 Å². The zero-order valence-electron chi connectivity index (χ0n) is 13.4. The van der Waals surface area contributed by atoms with Gasteiger partial charge < -0.3 is 14.8 Å². The fourth-order valence-electron chi connectivity index (χ4n) is 1.38. The van der Waals surface area contributed by atoms with E-state index in [4.69, 9.17) is 4.74 Å². The number of nitrogens with one attached hydrogen (secondary N) is 4. The first kappa shape index (κ1) is 18.1. The van der Waals surface area contributed by atoms with E-state index in [0.29, 0.717) is 11.4 Å². The molecular weight excluding hydrogens is 304 g/mol. The Balaban J connectivity index is 2.48. The Labute approximate surface area is 133 Å². The first-order valence-corrected chi connectivity index (χ1v) is 6.70. The first-order chi connectivity index (χ1) is 10.7. The smallest absolute Gasteiger partial charge is 0.425 e. The molecule has 1 rings (SSSR count). The molecule has 1 aromatic rings. The van der Waals surface area contributed by atoms with E-state index in [0.717, 1.165) is 0 Å². The third-order valence-electron chi connectivity index (χ3n) is 2.25. The number of carbonyl (C=O) groups excluding carboxylic acids is 3. The summed E-state index contributed by atoms with van der Waals surface area (Å²) in [6.45, 7) is 5.29. The Morgan fingerprint density at radius 3 is 1.87 bits per heavy atom. The van der Waals surface area contributed by atoms with Crippen LogP contribution < -0.4 is 21.5 Å². The van der Waals surface area contributed by atoms with Gasteiger partial charge in [-0.1, -0.05) is 0 Å². The van der Waals surface area contributed by atoms with E-state index in [1.807, 2.05) is 5.43 Å². The Morgan fingerprint density at radius 2 is 1.39 bits per heavy atom. The van der Waals surface area contributed by atoms with Gasteiger partial charge in [-0.25, -0.2) is 25.2 Å². The molecule has 0 unspecified atom stereocenters. The monoisotopic (exact) mass is 324 g/mol. The fourth-order valence-corrected chi connectivity index (χ4v) is 1.38. The van der Waals surface area contributed by atoms with E-state index in [9.17, 15) is 14.4 Å². The molecule has 0 fully saturated rings. The standard InChI is InChI=1S/C14H20N4O5/c1-14(2,3)23-12(20)16-10-7-5-9(6-8-10)15-11(19)17-18-13(21)22-4/h5-8H,1-4H3,(H,16,20)(H,18,21)(H2,15,17,19). The maximum atomic E-state index is 11.6. The molecule has 1 aromatic carbocycles. The third kappa shape index (κ3) is 7.55. The number of methoxy groups -OCH3 is 1. The van der Waals surface area contributed by atoms with E-state index < -0.39 is 23.8 Å². The average molecular weight is 324 g/mol. The molecule has 0 atom stereocenters. The topological polar surface area (TPSA) is 118 Å². The van der Waals surface area contributed by atoms with Gasteiger partial charge in [-0.2, -0.15) is 0 Å². The van der Waals surface area contributed by atoms with Crippen molar-refractivity contribution in [3.63, 3.8) is 0 Å². The van der Waals surface area contributed by atoms with Crippen molar-refractivity contribution in [2.75, 3.05) is 17.7 Å². The van der Waals surface area contributed by atoms with Gasteiger partial charge in [0, 0.05) is 11.4 Å². The van der Waals surface area contributed by atoms with Gasteiger partial charge in [0.15, 0.2) is 0 Å². The second kappa shape index (κ2) is 7.87. The third-order valence-corrected chi connectivity index (χ3v) is 2.25. The van der Waals surface area contributed by atoms with E-state index in [-0.39, 0.29) is 0 Å². The van der Waals surface area contributed by atoms with Crippen LogP contribution in [0.5, 0.6) is 0 Å². The normalized spacial score (nSPS) is 10.3. The highest BCUT2D eigenvalue weighted by molar-refractivity contribution is 5.91. The number of amides is 4. The number of benzene rings is 1. The molecule has 0 saturated carbocycles. The molecule has 9 nitrogen and oxygen atoms in total. The van der Waals surface area contributed by atoms with Crippen molar-refractivity contribution in [1.82, 2.24) is 10.9 Å². The second-order valence-corrected chi connectivity index (χ2v) is 5.40. The number of ether oxygens (including phenoxy) is 2. The summed E-state index contributed by atoms with van der Waals surface area (Å²) >= 11 is 0. The lowest BCUT2D eigenvalue weighted by atomic mass is 10.2. The summed E-state index contributed by atoms with van der Waals surface area (Å²) in [4.78, 5) is 33.9. The second-order valence-electron chi connectivity index (χ2n) is 5.40. The van der Waals surface area contributed by atoms with Crippen LogP contribution in [0.4, 0.5) is 25.8 Å². The predicted molar refractivity (Wildman–Crippen MR) is 84.0 cm³/mol. The van der Waals surface area contributed by atoms with Gasteiger partial charge in [0.1, 0.15) is 5.60 Å². The molecule has 23 heavy (non-hydrogen) atoms. The lowest BCUT2D eigenvalue weighted by molar-refractivity contribution is 0.0636. The lowest BCUT2D eigenvalue weighted by Crippen LogP contribution is -2.43. The van der Waals surface area contributed by atoms with Gasteiger partial charge in [0.2, 0.25) is 0 Å². The van der Waals surface area contributed by atoms with Crippen LogP contribution in [0.3, 0.4) is 0 Å². The number of urea groups is 1. The predicted octanol–water partition coefficient (Wildman–Crippen LogP) is 2.43. The SMILES string of the molecule is COC(=O)NNC(=O)Nc1ccc(NC(=O)OC(C)(C)C)cc1. The fraction of sp³-hybridized carbons (Fsp3) is 0.357. The zero-order chi connectivity index (χ0) is 17.5. The lowest BCUT2D eigenvalue weighted by Gasteiger charge is -2.19. The maximum absolute atomic E-state index is 11.6. The highest BCUT2D eigenvalue weighted by Gasteiger charge is 2.16. The minimum absolute atomic E-state index is 0.462. The molecule has 4 N–H and O–H groups in total. The van der Waals surface area contributed by atoms with Gasteiger partial charge in [0.25, 0.3) is 0 Å². The highest BCUT2D eigenvalue weighted by atomic mass is 16.6. The molecule has 9 heteroatoms. The molecule has 0 aliphatic heterocycles. The number of anilines is 2. The Bertz CT molecular complexity index is 566. The molecule has 126 valence electrons. The highest BCUT2D eigenvalue weighted by Crippen LogP contribution is 2.15.